The molecule has 5 heteroatoms. The van der Waals surface area contributed by atoms with Crippen LogP contribution in [0.3, 0.4) is 0 Å². The van der Waals surface area contributed by atoms with Gasteiger partial charge < -0.3 is 4.74 Å². The van der Waals surface area contributed by atoms with E-state index in [2.05, 4.69) is 15.9 Å². The molecule has 0 radical (unpaired) electrons. The quantitative estimate of drug-likeness (QED) is 0.730. The van der Waals surface area contributed by atoms with Gasteiger partial charge in [-0.3, -0.25) is 4.79 Å². The predicted octanol–water partition coefficient (Wildman–Crippen LogP) is 4.87. The molecular weight excluding hydrogens is 347 g/mol. The Morgan fingerprint density at radius 3 is 2.75 bits per heavy atom. The Bertz CT molecular complexity index is 658. The lowest BCUT2D eigenvalue weighted by atomic mass is 10.0. The van der Waals surface area contributed by atoms with Gasteiger partial charge in [0.1, 0.15) is 5.75 Å². The molecular formula is C15H11BrClFO2. The highest BCUT2D eigenvalue weighted by atomic mass is 79.9. The fraction of sp³-hybridized carbons (Fsp3) is 0.133. The average Bonchev–Trinajstić information content (AvgIpc) is 2.43. The summed E-state index contributed by atoms with van der Waals surface area (Å²) in [5.41, 5.74) is 0.315. The second-order valence-corrected chi connectivity index (χ2v) is 5.27. The molecule has 20 heavy (non-hydrogen) atoms. The third-order valence-corrected chi connectivity index (χ3v) is 3.60. The zero-order chi connectivity index (χ0) is 14.7. The van der Waals surface area contributed by atoms with E-state index >= 15 is 0 Å². The molecule has 2 aromatic rings. The van der Waals surface area contributed by atoms with Crippen LogP contribution in [0.25, 0.3) is 0 Å². The van der Waals surface area contributed by atoms with Crippen molar-refractivity contribution in [3.63, 3.8) is 0 Å². The minimum Gasteiger partial charge on any atom is -0.493 e. The van der Waals surface area contributed by atoms with Gasteiger partial charge >= 0.3 is 0 Å². The maximum Gasteiger partial charge on any atom is 0.196 e. The van der Waals surface area contributed by atoms with E-state index in [1.165, 1.54) is 12.1 Å². The van der Waals surface area contributed by atoms with Gasteiger partial charge in [0.2, 0.25) is 0 Å². The van der Waals surface area contributed by atoms with Crippen molar-refractivity contribution in [2.75, 3.05) is 6.61 Å². The van der Waals surface area contributed by atoms with Gasteiger partial charge in [-0.1, -0.05) is 17.7 Å². The van der Waals surface area contributed by atoms with E-state index in [-0.39, 0.29) is 10.6 Å². The summed E-state index contributed by atoms with van der Waals surface area (Å²) in [5, 5.41) is -0.0687. The molecule has 0 unspecified atom stereocenters. The summed E-state index contributed by atoms with van der Waals surface area (Å²) < 4.78 is 19.9. The number of benzene rings is 2. The number of rotatable bonds is 4. The third-order valence-electron chi connectivity index (χ3n) is 2.69. The standard InChI is InChI=1S/C15H11BrClFO2/c1-2-20-13-7-6-9(8-11(13)16)15(19)10-4-3-5-12(17)14(10)18/h3-8H,2H2,1H3. The SMILES string of the molecule is CCOc1ccc(C(=O)c2cccc(Cl)c2F)cc1Br. The molecule has 0 bridgehead atoms. The minimum atomic E-state index is -0.704. The highest BCUT2D eigenvalue weighted by Gasteiger charge is 2.17. The van der Waals surface area contributed by atoms with Crippen LogP contribution in [0.4, 0.5) is 4.39 Å². The normalized spacial score (nSPS) is 10.4. The maximum absolute atomic E-state index is 13.8. The van der Waals surface area contributed by atoms with Crippen LogP contribution in [0.1, 0.15) is 22.8 Å². The van der Waals surface area contributed by atoms with Crippen LogP contribution in [0.2, 0.25) is 5.02 Å². The first-order chi connectivity index (χ1) is 9.54. The fourth-order valence-electron chi connectivity index (χ4n) is 1.75. The summed E-state index contributed by atoms with van der Waals surface area (Å²) in [7, 11) is 0. The number of ether oxygens (including phenoxy) is 1. The Hall–Kier alpha value is -1.39. The van der Waals surface area contributed by atoms with Crippen LogP contribution < -0.4 is 4.74 Å². The van der Waals surface area contributed by atoms with Gasteiger partial charge in [-0.15, -0.1) is 0 Å². The monoisotopic (exact) mass is 356 g/mol. The summed E-state index contributed by atoms with van der Waals surface area (Å²) in [6.45, 7) is 2.39. The van der Waals surface area contributed by atoms with Gasteiger partial charge in [-0.2, -0.15) is 0 Å². The van der Waals surface area contributed by atoms with Crippen molar-refractivity contribution < 1.29 is 13.9 Å². The summed E-state index contributed by atoms with van der Waals surface area (Å²) in [6.07, 6.45) is 0. The van der Waals surface area contributed by atoms with E-state index in [1.807, 2.05) is 6.92 Å². The Kier molecular flexibility index (Phi) is 4.78. The second kappa shape index (κ2) is 6.37. The largest absolute Gasteiger partial charge is 0.493 e. The fourth-order valence-corrected chi connectivity index (χ4v) is 2.42. The predicted molar refractivity (Wildman–Crippen MR) is 80.2 cm³/mol. The van der Waals surface area contributed by atoms with Crippen molar-refractivity contribution in [2.45, 2.75) is 6.92 Å². The topological polar surface area (TPSA) is 26.3 Å². The summed E-state index contributed by atoms with van der Waals surface area (Å²) in [5.74, 6) is -0.492. The van der Waals surface area contributed by atoms with Crippen molar-refractivity contribution in [3.8, 4) is 5.75 Å². The zero-order valence-corrected chi connectivity index (χ0v) is 13.0. The van der Waals surface area contributed by atoms with E-state index < -0.39 is 11.6 Å². The number of halogens is 3. The van der Waals surface area contributed by atoms with E-state index in [0.717, 1.165) is 0 Å². The number of hydrogen-bond acceptors (Lipinski definition) is 2. The van der Waals surface area contributed by atoms with Gasteiger partial charge in [0.05, 0.1) is 21.7 Å². The molecule has 0 spiro atoms. The number of hydrogen-bond donors (Lipinski definition) is 0. The van der Waals surface area contributed by atoms with Crippen molar-refractivity contribution >= 4 is 33.3 Å². The Labute approximate surface area is 129 Å². The first-order valence-electron chi connectivity index (χ1n) is 5.95. The van der Waals surface area contributed by atoms with Gasteiger partial charge in [0.25, 0.3) is 0 Å². The van der Waals surface area contributed by atoms with Crippen LogP contribution in [-0.2, 0) is 0 Å². The molecule has 0 atom stereocenters. The Morgan fingerprint density at radius 1 is 1.35 bits per heavy atom. The first-order valence-corrected chi connectivity index (χ1v) is 7.12. The Balaban J connectivity index is 2.39. The molecule has 0 heterocycles. The highest BCUT2D eigenvalue weighted by Crippen LogP contribution is 2.28. The first kappa shape index (κ1) is 15.0. The van der Waals surface area contributed by atoms with Crippen molar-refractivity contribution in [2.24, 2.45) is 0 Å². The zero-order valence-electron chi connectivity index (χ0n) is 10.6. The molecule has 0 aromatic heterocycles. The minimum absolute atomic E-state index is 0.0476. The van der Waals surface area contributed by atoms with Crippen LogP contribution in [0.15, 0.2) is 40.9 Å². The van der Waals surface area contributed by atoms with Gasteiger partial charge in [-0.25, -0.2) is 4.39 Å². The second-order valence-electron chi connectivity index (χ2n) is 4.01. The average molecular weight is 358 g/mol. The number of carbonyl (C=O) groups excluding carboxylic acids is 1. The van der Waals surface area contributed by atoms with Crippen molar-refractivity contribution in [1.82, 2.24) is 0 Å². The van der Waals surface area contributed by atoms with E-state index in [0.29, 0.717) is 22.4 Å². The lowest BCUT2D eigenvalue weighted by Crippen LogP contribution is -2.05. The third kappa shape index (κ3) is 3.02. The lowest BCUT2D eigenvalue weighted by Gasteiger charge is -2.08. The molecule has 2 nitrogen and oxygen atoms in total. The van der Waals surface area contributed by atoms with Gasteiger partial charge in [0, 0.05) is 5.56 Å². The lowest BCUT2D eigenvalue weighted by molar-refractivity contribution is 0.103. The number of ketones is 1. The van der Waals surface area contributed by atoms with E-state index in [1.54, 1.807) is 24.3 Å². The molecule has 2 rings (SSSR count). The summed E-state index contributed by atoms with van der Waals surface area (Å²) in [6, 6.07) is 9.23. The summed E-state index contributed by atoms with van der Waals surface area (Å²) >= 11 is 9.01. The van der Waals surface area contributed by atoms with Crippen LogP contribution in [0.5, 0.6) is 5.75 Å². The van der Waals surface area contributed by atoms with Crippen LogP contribution in [0, 0.1) is 5.82 Å². The van der Waals surface area contributed by atoms with Crippen molar-refractivity contribution in [1.29, 1.82) is 0 Å². The van der Waals surface area contributed by atoms with Crippen LogP contribution in [-0.4, -0.2) is 12.4 Å². The molecule has 0 aliphatic heterocycles. The van der Waals surface area contributed by atoms with Gasteiger partial charge in [-0.05, 0) is 53.2 Å². The molecule has 0 saturated heterocycles. The Morgan fingerprint density at radius 2 is 2.10 bits per heavy atom. The molecule has 0 aliphatic rings. The highest BCUT2D eigenvalue weighted by molar-refractivity contribution is 9.10. The van der Waals surface area contributed by atoms with Crippen molar-refractivity contribution in [3.05, 3.63) is 62.8 Å². The number of carbonyl (C=O) groups is 1. The molecule has 0 aliphatic carbocycles. The maximum atomic E-state index is 13.8. The van der Waals surface area contributed by atoms with Gasteiger partial charge in [0.15, 0.2) is 11.6 Å². The van der Waals surface area contributed by atoms with E-state index in [9.17, 15) is 9.18 Å². The molecule has 2 aromatic carbocycles. The summed E-state index contributed by atoms with van der Waals surface area (Å²) in [4.78, 5) is 12.3. The molecule has 0 fully saturated rings. The smallest absolute Gasteiger partial charge is 0.196 e. The molecule has 0 saturated carbocycles. The molecule has 0 amide bonds. The van der Waals surface area contributed by atoms with Crippen LogP contribution >= 0.6 is 27.5 Å². The molecule has 104 valence electrons. The van der Waals surface area contributed by atoms with E-state index in [4.69, 9.17) is 16.3 Å². The molecule has 0 N–H and O–H groups in total.